The van der Waals surface area contributed by atoms with Crippen LogP contribution >= 0.6 is 0 Å². The first-order valence-electron chi connectivity index (χ1n) is 11.4. The Morgan fingerprint density at radius 2 is 1.55 bits per heavy atom. The Kier molecular flexibility index (Phi) is 6.76. The minimum Gasteiger partial charge on any atom is -0.368 e. The van der Waals surface area contributed by atoms with Crippen LogP contribution in [-0.4, -0.2) is 60.9 Å². The summed E-state index contributed by atoms with van der Waals surface area (Å²) in [5, 5.41) is 14.5. The molecule has 4 rings (SSSR count). The number of nitro groups is 1. The van der Waals surface area contributed by atoms with Gasteiger partial charge in [-0.2, -0.15) is 0 Å². The molecule has 33 heavy (non-hydrogen) atoms. The summed E-state index contributed by atoms with van der Waals surface area (Å²) in [7, 11) is 0. The SMILES string of the molecule is CC(=O)N1CCN(c2ccc(NC(=O)c3ccc(N4CCCCC4)c([N+](=O)[O-])c3)cc2)CC1. The number of rotatable bonds is 5. The summed E-state index contributed by atoms with van der Waals surface area (Å²) in [6.45, 7) is 6.09. The smallest absolute Gasteiger partial charge is 0.293 e. The number of piperazine rings is 1. The van der Waals surface area contributed by atoms with Crippen molar-refractivity contribution in [3.8, 4) is 0 Å². The molecule has 2 aliphatic heterocycles. The molecule has 9 nitrogen and oxygen atoms in total. The highest BCUT2D eigenvalue weighted by Gasteiger charge is 2.23. The molecule has 2 aliphatic rings. The fraction of sp³-hybridized carbons (Fsp3) is 0.417. The standard InChI is InChI=1S/C24H29N5O4/c1-18(30)26-13-15-27(16-14-26)21-8-6-20(7-9-21)25-24(31)19-5-10-22(23(17-19)29(32)33)28-11-3-2-4-12-28/h5-10,17H,2-4,11-16H2,1H3,(H,25,31). The van der Waals surface area contributed by atoms with Crippen molar-refractivity contribution in [3.05, 3.63) is 58.1 Å². The van der Waals surface area contributed by atoms with Crippen LogP contribution in [0.2, 0.25) is 0 Å². The molecular formula is C24H29N5O4. The van der Waals surface area contributed by atoms with E-state index in [1.54, 1.807) is 19.1 Å². The third kappa shape index (κ3) is 5.24. The fourth-order valence-corrected chi connectivity index (χ4v) is 4.45. The van der Waals surface area contributed by atoms with E-state index in [0.29, 0.717) is 24.5 Å². The number of amides is 2. The molecule has 2 heterocycles. The zero-order chi connectivity index (χ0) is 23.4. The van der Waals surface area contributed by atoms with Gasteiger partial charge in [-0.05, 0) is 55.7 Å². The van der Waals surface area contributed by atoms with Crippen molar-refractivity contribution < 1.29 is 14.5 Å². The first kappa shape index (κ1) is 22.6. The van der Waals surface area contributed by atoms with Gasteiger partial charge in [0.2, 0.25) is 5.91 Å². The molecule has 1 N–H and O–H groups in total. The van der Waals surface area contributed by atoms with E-state index in [-0.39, 0.29) is 23.1 Å². The van der Waals surface area contributed by atoms with Crippen LogP contribution in [0.1, 0.15) is 36.5 Å². The average molecular weight is 452 g/mol. The van der Waals surface area contributed by atoms with E-state index < -0.39 is 4.92 Å². The van der Waals surface area contributed by atoms with E-state index in [2.05, 4.69) is 10.2 Å². The van der Waals surface area contributed by atoms with Crippen LogP contribution in [0.5, 0.6) is 0 Å². The molecular weight excluding hydrogens is 422 g/mol. The molecule has 0 radical (unpaired) electrons. The van der Waals surface area contributed by atoms with Gasteiger partial charge in [-0.15, -0.1) is 0 Å². The Balaban J connectivity index is 1.42. The molecule has 2 aromatic carbocycles. The van der Waals surface area contributed by atoms with Gasteiger partial charge in [-0.1, -0.05) is 0 Å². The first-order chi connectivity index (χ1) is 15.9. The van der Waals surface area contributed by atoms with Crippen molar-refractivity contribution in [2.24, 2.45) is 0 Å². The predicted molar refractivity (Wildman–Crippen MR) is 128 cm³/mol. The Morgan fingerprint density at radius 3 is 2.15 bits per heavy atom. The third-order valence-electron chi connectivity index (χ3n) is 6.35. The summed E-state index contributed by atoms with van der Waals surface area (Å²) in [4.78, 5) is 41.6. The lowest BCUT2D eigenvalue weighted by molar-refractivity contribution is -0.384. The molecule has 0 atom stereocenters. The minimum atomic E-state index is -0.415. The number of carbonyl (C=O) groups is 2. The zero-order valence-electron chi connectivity index (χ0n) is 18.8. The molecule has 2 amide bonds. The van der Waals surface area contributed by atoms with Gasteiger partial charge < -0.3 is 20.0 Å². The van der Waals surface area contributed by atoms with Crippen LogP contribution in [0.4, 0.5) is 22.7 Å². The van der Waals surface area contributed by atoms with Gasteiger partial charge >= 0.3 is 0 Å². The minimum absolute atomic E-state index is 0.0374. The molecule has 2 aromatic rings. The molecule has 2 saturated heterocycles. The molecule has 0 saturated carbocycles. The van der Waals surface area contributed by atoms with Gasteiger partial charge in [0.05, 0.1) is 4.92 Å². The number of nitrogens with zero attached hydrogens (tertiary/aromatic N) is 4. The number of nitrogens with one attached hydrogen (secondary N) is 1. The summed E-state index contributed by atoms with van der Waals surface area (Å²) in [5.41, 5.74) is 2.44. The van der Waals surface area contributed by atoms with Crippen molar-refractivity contribution in [1.82, 2.24) is 4.90 Å². The normalized spacial score (nSPS) is 16.5. The van der Waals surface area contributed by atoms with Gasteiger partial charge in [0.25, 0.3) is 11.6 Å². The van der Waals surface area contributed by atoms with Gasteiger partial charge in [0.1, 0.15) is 5.69 Å². The molecule has 0 bridgehead atoms. The number of hydrogen-bond acceptors (Lipinski definition) is 6. The summed E-state index contributed by atoms with van der Waals surface area (Å²) in [6, 6.07) is 12.2. The van der Waals surface area contributed by atoms with E-state index in [9.17, 15) is 19.7 Å². The van der Waals surface area contributed by atoms with Gasteiger partial charge in [0, 0.05) is 69.2 Å². The third-order valence-corrected chi connectivity index (χ3v) is 6.35. The maximum Gasteiger partial charge on any atom is 0.293 e. The second kappa shape index (κ2) is 9.89. The van der Waals surface area contributed by atoms with Gasteiger partial charge in [-0.25, -0.2) is 0 Å². The maximum absolute atomic E-state index is 12.8. The number of hydrogen-bond donors (Lipinski definition) is 1. The van der Waals surface area contributed by atoms with Crippen LogP contribution < -0.4 is 15.1 Å². The summed E-state index contributed by atoms with van der Waals surface area (Å²) in [6.07, 6.45) is 3.17. The lowest BCUT2D eigenvalue weighted by Gasteiger charge is -2.35. The van der Waals surface area contributed by atoms with Gasteiger partial charge in [-0.3, -0.25) is 19.7 Å². The topological polar surface area (TPSA) is 99.0 Å². The quantitative estimate of drug-likeness (QED) is 0.552. The highest BCUT2D eigenvalue weighted by Crippen LogP contribution is 2.31. The predicted octanol–water partition coefficient (Wildman–Crippen LogP) is 3.51. The number of benzene rings is 2. The number of anilines is 3. The fourth-order valence-electron chi connectivity index (χ4n) is 4.45. The lowest BCUT2D eigenvalue weighted by atomic mass is 10.1. The lowest BCUT2D eigenvalue weighted by Crippen LogP contribution is -2.48. The van der Waals surface area contributed by atoms with Crippen molar-refractivity contribution in [1.29, 1.82) is 0 Å². The zero-order valence-corrected chi connectivity index (χ0v) is 18.8. The molecule has 0 aromatic heterocycles. The Bertz CT molecular complexity index is 1030. The van der Waals surface area contributed by atoms with Crippen molar-refractivity contribution in [3.63, 3.8) is 0 Å². The molecule has 9 heteroatoms. The average Bonchev–Trinajstić information content (AvgIpc) is 2.84. The summed E-state index contributed by atoms with van der Waals surface area (Å²) in [5.74, 6) is -0.289. The van der Waals surface area contributed by atoms with E-state index in [0.717, 1.165) is 51.1 Å². The van der Waals surface area contributed by atoms with Crippen molar-refractivity contribution in [2.45, 2.75) is 26.2 Å². The van der Waals surface area contributed by atoms with E-state index in [1.165, 1.54) is 6.07 Å². The maximum atomic E-state index is 12.8. The second-order valence-corrected chi connectivity index (χ2v) is 8.50. The number of piperidine rings is 1. The second-order valence-electron chi connectivity index (χ2n) is 8.50. The molecule has 0 unspecified atom stereocenters. The molecule has 0 aliphatic carbocycles. The van der Waals surface area contributed by atoms with E-state index >= 15 is 0 Å². The van der Waals surface area contributed by atoms with Gasteiger partial charge in [0.15, 0.2) is 0 Å². The first-order valence-corrected chi connectivity index (χ1v) is 11.4. The van der Waals surface area contributed by atoms with Crippen LogP contribution in [0.15, 0.2) is 42.5 Å². The summed E-state index contributed by atoms with van der Waals surface area (Å²) < 4.78 is 0. The molecule has 2 fully saturated rings. The van der Waals surface area contributed by atoms with Crippen molar-refractivity contribution in [2.75, 3.05) is 54.4 Å². The Hall–Kier alpha value is -3.62. The Labute approximate surface area is 193 Å². The number of carbonyl (C=O) groups excluding carboxylic acids is 2. The molecule has 0 spiro atoms. The Morgan fingerprint density at radius 1 is 0.879 bits per heavy atom. The van der Waals surface area contributed by atoms with Crippen LogP contribution in [-0.2, 0) is 4.79 Å². The van der Waals surface area contributed by atoms with Crippen molar-refractivity contribution >= 4 is 34.6 Å². The van der Waals surface area contributed by atoms with Crippen LogP contribution in [0.25, 0.3) is 0 Å². The highest BCUT2D eigenvalue weighted by molar-refractivity contribution is 6.05. The highest BCUT2D eigenvalue weighted by atomic mass is 16.6. The van der Waals surface area contributed by atoms with Crippen LogP contribution in [0, 0.1) is 10.1 Å². The van der Waals surface area contributed by atoms with Crippen LogP contribution in [0.3, 0.4) is 0 Å². The largest absolute Gasteiger partial charge is 0.368 e. The van der Waals surface area contributed by atoms with E-state index in [1.807, 2.05) is 34.1 Å². The molecule has 174 valence electrons. The summed E-state index contributed by atoms with van der Waals surface area (Å²) >= 11 is 0. The number of nitro benzene ring substituents is 1. The van der Waals surface area contributed by atoms with E-state index in [4.69, 9.17) is 0 Å². The monoisotopic (exact) mass is 451 g/mol.